The van der Waals surface area contributed by atoms with Crippen LogP contribution in [0.15, 0.2) is 0 Å². The van der Waals surface area contributed by atoms with E-state index in [-0.39, 0.29) is 0 Å². The molecule has 1 aliphatic rings. The van der Waals surface area contributed by atoms with E-state index < -0.39 is 0 Å². The van der Waals surface area contributed by atoms with Crippen molar-refractivity contribution in [2.45, 2.75) is 25.3 Å². The monoisotopic (exact) mass is 158 g/mol. The Morgan fingerprint density at radius 2 is 2.45 bits per heavy atom. The lowest BCUT2D eigenvalue weighted by Gasteiger charge is -2.23. The lowest BCUT2D eigenvalue weighted by molar-refractivity contribution is 0.279. The molecule has 0 aromatic heterocycles. The quantitative estimate of drug-likeness (QED) is 0.493. The molecule has 11 heavy (non-hydrogen) atoms. The highest BCUT2D eigenvalue weighted by Gasteiger charge is 2.10. The predicted molar refractivity (Wildman–Crippen MR) is 45.6 cm³/mol. The summed E-state index contributed by atoms with van der Waals surface area (Å²) in [6.45, 7) is 3.50. The van der Waals surface area contributed by atoms with Gasteiger partial charge in [0, 0.05) is 19.2 Å². The molecule has 66 valence electrons. The molecule has 3 N–H and O–H groups in total. The molecule has 0 aliphatic carbocycles. The van der Waals surface area contributed by atoms with Crippen LogP contribution in [-0.4, -0.2) is 37.4 Å². The Kier molecular flexibility index (Phi) is 4.50. The van der Waals surface area contributed by atoms with Gasteiger partial charge in [0.2, 0.25) is 0 Å². The number of nitrogens with one attached hydrogen (secondary N) is 2. The van der Waals surface area contributed by atoms with Gasteiger partial charge in [-0.1, -0.05) is 0 Å². The Morgan fingerprint density at radius 1 is 1.55 bits per heavy atom. The van der Waals surface area contributed by atoms with Gasteiger partial charge in [0.1, 0.15) is 0 Å². The number of aliphatic hydroxyl groups excluding tert-OH is 1. The number of aliphatic hydroxyl groups is 1. The summed E-state index contributed by atoms with van der Waals surface area (Å²) in [6.07, 6.45) is 3.42. The van der Waals surface area contributed by atoms with Crippen LogP contribution in [0.3, 0.4) is 0 Å². The van der Waals surface area contributed by atoms with Crippen LogP contribution >= 0.6 is 0 Å². The summed E-state index contributed by atoms with van der Waals surface area (Å²) in [6, 6.07) is 0.635. The zero-order valence-electron chi connectivity index (χ0n) is 6.97. The van der Waals surface area contributed by atoms with Crippen LogP contribution in [0.1, 0.15) is 19.3 Å². The van der Waals surface area contributed by atoms with Crippen LogP contribution in [0.5, 0.6) is 0 Å². The minimum absolute atomic E-state index is 0.299. The third-order valence-corrected chi connectivity index (χ3v) is 2.06. The fourth-order valence-electron chi connectivity index (χ4n) is 1.41. The molecule has 1 rings (SSSR count). The van der Waals surface area contributed by atoms with Crippen molar-refractivity contribution < 1.29 is 5.11 Å². The summed E-state index contributed by atoms with van der Waals surface area (Å²) < 4.78 is 0. The van der Waals surface area contributed by atoms with Gasteiger partial charge in [-0.15, -0.1) is 0 Å². The molecule has 0 bridgehead atoms. The zero-order chi connectivity index (χ0) is 7.94. The highest BCUT2D eigenvalue weighted by Crippen LogP contribution is 2.00. The molecule has 0 saturated carbocycles. The molecule has 1 aliphatic heterocycles. The van der Waals surface area contributed by atoms with Gasteiger partial charge >= 0.3 is 0 Å². The van der Waals surface area contributed by atoms with E-state index in [9.17, 15) is 0 Å². The van der Waals surface area contributed by atoms with Crippen LogP contribution in [0.4, 0.5) is 0 Å². The zero-order valence-corrected chi connectivity index (χ0v) is 6.97. The van der Waals surface area contributed by atoms with Crippen molar-refractivity contribution in [2.75, 3.05) is 26.2 Å². The molecular weight excluding hydrogens is 140 g/mol. The number of hydrogen-bond acceptors (Lipinski definition) is 3. The van der Waals surface area contributed by atoms with Crippen molar-refractivity contribution in [3.63, 3.8) is 0 Å². The Hall–Kier alpha value is -0.120. The third kappa shape index (κ3) is 3.70. The molecule has 0 aromatic carbocycles. The van der Waals surface area contributed by atoms with Crippen molar-refractivity contribution in [1.29, 1.82) is 0 Å². The normalized spacial score (nSPS) is 25.4. The van der Waals surface area contributed by atoms with Gasteiger partial charge in [-0.3, -0.25) is 0 Å². The SMILES string of the molecule is OCCCNC1CCCNC1. The molecule has 1 unspecified atom stereocenters. The highest BCUT2D eigenvalue weighted by atomic mass is 16.3. The maximum Gasteiger partial charge on any atom is 0.0443 e. The van der Waals surface area contributed by atoms with E-state index in [2.05, 4.69) is 10.6 Å². The first kappa shape index (κ1) is 8.97. The molecular formula is C8H18N2O. The average Bonchev–Trinajstić information content (AvgIpc) is 2.07. The molecule has 0 amide bonds. The smallest absolute Gasteiger partial charge is 0.0443 e. The van der Waals surface area contributed by atoms with E-state index in [1.54, 1.807) is 0 Å². The van der Waals surface area contributed by atoms with Crippen molar-refractivity contribution in [3.05, 3.63) is 0 Å². The van der Waals surface area contributed by atoms with Crippen LogP contribution in [-0.2, 0) is 0 Å². The summed E-state index contributed by atoms with van der Waals surface area (Å²) >= 11 is 0. The van der Waals surface area contributed by atoms with E-state index in [1.807, 2.05) is 0 Å². The predicted octanol–water partition coefficient (Wildman–Crippen LogP) is -0.290. The first-order valence-electron chi connectivity index (χ1n) is 4.48. The second-order valence-corrected chi connectivity index (χ2v) is 3.07. The Balaban J connectivity index is 1.96. The fraction of sp³-hybridized carbons (Fsp3) is 1.00. The maximum absolute atomic E-state index is 8.54. The molecule has 0 aromatic rings. The summed E-state index contributed by atoms with van der Waals surface area (Å²) in [5.74, 6) is 0. The van der Waals surface area contributed by atoms with E-state index in [4.69, 9.17) is 5.11 Å². The molecule has 0 radical (unpaired) electrons. The number of piperidine rings is 1. The second kappa shape index (κ2) is 5.52. The standard InChI is InChI=1S/C8H18N2O/c11-6-2-5-10-8-3-1-4-9-7-8/h8-11H,1-7H2. The summed E-state index contributed by atoms with van der Waals surface area (Å²) in [7, 11) is 0. The Labute approximate surface area is 68.2 Å². The van der Waals surface area contributed by atoms with E-state index in [0.717, 1.165) is 26.1 Å². The van der Waals surface area contributed by atoms with Gasteiger partial charge in [0.05, 0.1) is 0 Å². The van der Waals surface area contributed by atoms with Crippen LogP contribution in [0, 0.1) is 0 Å². The van der Waals surface area contributed by atoms with Crippen LogP contribution < -0.4 is 10.6 Å². The van der Waals surface area contributed by atoms with Gasteiger partial charge in [-0.25, -0.2) is 0 Å². The summed E-state index contributed by atoms with van der Waals surface area (Å²) in [5, 5.41) is 15.3. The van der Waals surface area contributed by atoms with Crippen molar-refractivity contribution in [3.8, 4) is 0 Å². The lowest BCUT2D eigenvalue weighted by atomic mass is 10.1. The highest BCUT2D eigenvalue weighted by molar-refractivity contribution is 4.74. The minimum Gasteiger partial charge on any atom is -0.396 e. The lowest BCUT2D eigenvalue weighted by Crippen LogP contribution is -2.43. The summed E-state index contributed by atoms with van der Waals surface area (Å²) in [4.78, 5) is 0. The van der Waals surface area contributed by atoms with Crippen LogP contribution in [0.2, 0.25) is 0 Å². The van der Waals surface area contributed by atoms with Gasteiger partial charge in [0.15, 0.2) is 0 Å². The maximum atomic E-state index is 8.54. The largest absolute Gasteiger partial charge is 0.396 e. The molecule has 3 nitrogen and oxygen atoms in total. The third-order valence-electron chi connectivity index (χ3n) is 2.06. The molecule has 1 heterocycles. The van der Waals surface area contributed by atoms with Gasteiger partial charge in [-0.2, -0.15) is 0 Å². The molecule has 0 spiro atoms. The van der Waals surface area contributed by atoms with E-state index >= 15 is 0 Å². The molecule has 1 fully saturated rings. The topological polar surface area (TPSA) is 44.3 Å². The van der Waals surface area contributed by atoms with Gasteiger partial charge in [0.25, 0.3) is 0 Å². The Bertz CT molecular complexity index is 92.1. The van der Waals surface area contributed by atoms with Gasteiger partial charge < -0.3 is 15.7 Å². The second-order valence-electron chi connectivity index (χ2n) is 3.07. The summed E-state index contributed by atoms with van der Waals surface area (Å²) in [5.41, 5.74) is 0. The molecule has 3 heteroatoms. The molecule has 1 saturated heterocycles. The van der Waals surface area contributed by atoms with Gasteiger partial charge in [-0.05, 0) is 32.4 Å². The van der Waals surface area contributed by atoms with Crippen molar-refractivity contribution >= 4 is 0 Å². The molecule has 1 atom stereocenters. The van der Waals surface area contributed by atoms with E-state index in [1.165, 1.54) is 12.8 Å². The minimum atomic E-state index is 0.299. The van der Waals surface area contributed by atoms with E-state index in [0.29, 0.717) is 12.6 Å². The first-order chi connectivity index (χ1) is 5.43. The van der Waals surface area contributed by atoms with Crippen LogP contribution in [0.25, 0.3) is 0 Å². The fourth-order valence-corrected chi connectivity index (χ4v) is 1.41. The van der Waals surface area contributed by atoms with Crippen molar-refractivity contribution in [1.82, 2.24) is 10.6 Å². The Morgan fingerprint density at radius 3 is 3.09 bits per heavy atom. The number of hydrogen-bond donors (Lipinski definition) is 3. The first-order valence-corrected chi connectivity index (χ1v) is 4.48. The van der Waals surface area contributed by atoms with Crippen molar-refractivity contribution in [2.24, 2.45) is 0 Å². The average molecular weight is 158 g/mol. The number of rotatable bonds is 4.